The van der Waals surface area contributed by atoms with Crippen LogP contribution in [-0.2, 0) is 4.79 Å². The molecule has 1 saturated carbocycles. The van der Waals surface area contributed by atoms with Gasteiger partial charge >= 0.3 is 12.0 Å². The Morgan fingerprint density at radius 3 is 2.67 bits per heavy atom. The van der Waals surface area contributed by atoms with Crippen molar-refractivity contribution in [2.75, 3.05) is 11.9 Å². The average molecular weight is 358 g/mol. The van der Waals surface area contributed by atoms with E-state index in [1.807, 2.05) is 0 Å². The lowest BCUT2D eigenvalue weighted by molar-refractivity contribution is -0.385. The summed E-state index contributed by atoms with van der Waals surface area (Å²) < 4.78 is 0.301. The largest absolute Gasteiger partial charge is 0.480 e. The number of nitrogens with one attached hydrogen (secondary N) is 1. The second-order valence-corrected chi connectivity index (χ2v) is 5.46. The van der Waals surface area contributed by atoms with Crippen molar-refractivity contribution in [3.63, 3.8) is 0 Å². The Balaban J connectivity index is 2.12. The summed E-state index contributed by atoms with van der Waals surface area (Å²) in [5.41, 5.74) is 0.0648. The number of carboxylic acids is 1. The number of nitrogens with zero attached hydrogens (tertiary/aromatic N) is 2. The third kappa shape index (κ3) is 3.91. The summed E-state index contributed by atoms with van der Waals surface area (Å²) in [6.07, 6.45) is 1.53. The van der Waals surface area contributed by atoms with Crippen LogP contribution in [0.25, 0.3) is 0 Å². The average Bonchev–Trinajstić information content (AvgIpc) is 3.22. The number of rotatable bonds is 5. The van der Waals surface area contributed by atoms with Gasteiger partial charge in [-0.15, -0.1) is 0 Å². The molecule has 1 fully saturated rings. The standard InChI is InChI=1S/C12H12BrN3O5/c13-9-4-1-7(5-10(9)16(20)21)14-12(19)15(6-11(17)18)8-2-3-8/h1,4-5,8H,2-3,6H2,(H,14,19)(H,17,18). The van der Waals surface area contributed by atoms with Crippen molar-refractivity contribution in [1.29, 1.82) is 0 Å². The Hall–Kier alpha value is -2.16. The molecule has 0 spiro atoms. The van der Waals surface area contributed by atoms with Gasteiger partial charge in [0.2, 0.25) is 0 Å². The Morgan fingerprint density at radius 1 is 1.48 bits per heavy atom. The molecule has 1 aromatic carbocycles. The number of nitro benzene ring substituents is 1. The van der Waals surface area contributed by atoms with Crippen LogP contribution in [0.2, 0.25) is 0 Å². The van der Waals surface area contributed by atoms with Crippen LogP contribution in [0.4, 0.5) is 16.2 Å². The molecule has 8 nitrogen and oxygen atoms in total. The van der Waals surface area contributed by atoms with Crippen molar-refractivity contribution < 1.29 is 19.6 Å². The zero-order valence-electron chi connectivity index (χ0n) is 10.8. The van der Waals surface area contributed by atoms with Crippen molar-refractivity contribution in [3.05, 3.63) is 32.8 Å². The molecular formula is C12H12BrN3O5. The van der Waals surface area contributed by atoms with Gasteiger partial charge in [0.05, 0.1) is 9.40 Å². The molecule has 0 radical (unpaired) electrons. The molecule has 1 aromatic rings. The lowest BCUT2D eigenvalue weighted by atomic mass is 10.3. The Morgan fingerprint density at radius 2 is 2.14 bits per heavy atom. The van der Waals surface area contributed by atoms with E-state index in [9.17, 15) is 19.7 Å². The van der Waals surface area contributed by atoms with E-state index >= 15 is 0 Å². The molecule has 21 heavy (non-hydrogen) atoms. The number of carboxylic acid groups (broad SMARTS) is 1. The van der Waals surface area contributed by atoms with Crippen LogP contribution in [0.15, 0.2) is 22.7 Å². The number of anilines is 1. The fraction of sp³-hybridized carbons (Fsp3) is 0.333. The van der Waals surface area contributed by atoms with Crippen LogP contribution in [0.5, 0.6) is 0 Å². The highest BCUT2D eigenvalue weighted by molar-refractivity contribution is 9.10. The Labute approximate surface area is 128 Å². The highest BCUT2D eigenvalue weighted by Gasteiger charge is 2.34. The van der Waals surface area contributed by atoms with Gasteiger partial charge in [-0.05, 0) is 40.9 Å². The number of carbonyl (C=O) groups excluding carboxylic acids is 1. The van der Waals surface area contributed by atoms with E-state index in [0.29, 0.717) is 4.47 Å². The molecule has 0 atom stereocenters. The van der Waals surface area contributed by atoms with Gasteiger partial charge in [0, 0.05) is 17.8 Å². The van der Waals surface area contributed by atoms with E-state index in [1.54, 1.807) is 0 Å². The first-order valence-corrected chi connectivity index (χ1v) is 6.91. The molecule has 2 amide bonds. The summed E-state index contributed by atoms with van der Waals surface area (Å²) in [6, 6.07) is 3.52. The zero-order valence-corrected chi connectivity index (χ0v) is 12.4. The van der Waals surface area contributed by atoms with Gasteiger partial charge in [-0.25, -0.2) is 4.79 Å². The van der Waals surface area contributed by atoms with Crippen LogP contribution in [0.3, 0.4) is 0 Å². The summed E-state index contributed by atoms with van der Waals surface area (Å²) in [5.74, 6) is -1.10. The van der Waals surface area contributed by atoms with E-state index in [-0.39, 0.29) is 17.4 Å². The summed E-state index contributed by atoms with van der Waals surface area (Å²) in [4.78, 5) is 34.3. The van der Waals surface area contributed by atoms with E-state index in [0.717, 1.165) is 12.8 Å². The van der Waals surface area contributed by atoms with E-state index in [1.165, 1.54) is 23.1 Å². The van der Waals surface area contributed by atoms with Crippen molar-refractivity contribution in [2.45, 2.75) is 18.9 Å². The number of hydrogen-bond acceptors (Lipinski definition) is 4. The molecule has 2 rings (SSSR count). The second-order valence-electron chi connectivity index (χ2n) is 4.61. The van der Waals surface area contributed by atoms with Crippen molar-refractivity contribution >= 4 is 39.3 Å². The Bertz CT molecular complexity index is 603. The van der Waals surface area contributed by atoms with Gasteiger partial charge in [0.25, 0.3) is 5.69 Å². The maximum absolute atomic E-state index is 12.1. The highest BCUT2D eigenvalue weighted by atomic mass is 79.9. The van der Waals surface area contributed by atoms with Gasteiger partial charge in [-0.1, -0.05) is 0 Å². The van der Waals surface area contributed by atoms with Gasteiger partial charge < -0.3 is 15.3 Å². The molecule has 2 N–H and O–H groups in total. The number of benzene rings is 1. The predicted octanol–water partition coefficient (Wildman–Crippen LogP) is 2.44. The SMILES string of the molecule is O=C(O)CN(C(=O)Nc1ccc(Br)c([N+](=O)[O-])c1)C1CC1. The molecular weight excluding hydrogens is 346 g/mol. The number of carbonyl (C=O) groups is 2. The first kappa shape index (κ1) is 15.2. The smallest absolute Gasteiger partial charge is 0.323 e. The predicted molar refractivity (Wildman–Crippen MR) is 77.2 cm³/mol. The van der Waals surface area contributed by atoms with Crippen molar-refractivity contribution in [3.8, 4) is 0 Å². The maximum Gasteiger partial charge on any atom is 0.323 e. The molecule has 9 heteroatoms. The molecule has 0 aromatic heterocycles. The number of urea groups is 1. The van der Waals surface area contributed by atoms with Gasteiger partial charge in [0.1, 0.15) is 6.54 Å². The molecule has 0 unspecified atom stereocenters. The summed E-state index contributed by atoms with van der Waals surface area (Å²) >= 11 is 3.05. The lowest BCUT2D eigenvalue weighted by Gasteiger charge is -2.20. The minimum Gasteiger partial charge on any atom is -0.480 e. The lowest BCUT2D eigenvalue weighted by Crippen LogP contribution is -2.40. The van der Waals surface area contributed by atoms with Crippen molar-refractivity contribution in [2.24, 2.45) is 0 Å². The second kappa shape index (κ2) is 6.08. The molecule has 112 valence electrons. The molecule has 0 heterocycles. The third-order valence-electron chi connectivity index (χ3n) is 2.95. The topological polar surface area (TPSA) is 113 Å². The fourth-order valence-electron chi connectivity index (χ4n) is 1.82. The summed E-state index contributed by atoms with van der Waals surface area (Å²) in [5, 5.41) is 22.1. The third-order valence-corrected chi connectivity index (χ3v) is 3.62. The molecule has 1 aliphatic rings. The van der Waals surface area contributed by atoms with Gasteiger partial charge in [0.15, 0.2) is 0 Å². The van der Waals surface area contributed by atoms with Crippen molar-refractivity contribution in [1.82, 2.24) is 4.90 Å². The van der Waals surface area contributed by atoms with E-state index < -0.39 is 23.5 Å². The summed E-state index contributed by atoms with van der Waals surface area (Å²) in [6.45, 7) is -0.394. The maximum atomic E-state index is 12.1. The minimum absolute atomic E-state index is 0.0773. The first-order chi connectivity index (χ1) is 9.88. The highest BCUT2D eigenvalue weighted by Crippen LogP contribution is 2.30. The van der Waals surface area contributed by atoms with Gasteiger partial charge in [-0.3, -0.25) is 14.9 Å². The number of hydrogen-bond donors (Lipinski definition) is 2. The minimum atomic E-state index is -1.10. The van der Waals surface area contributed by atoms with Crippen LogP contribution in [0, 0.1) is 10.1 Å². The number of halogens is 1. The molecule has 0 saturated heterocycles. The zero-order chi connectivity index (χ0) is 15.6. The fourth-order valence-corrected chi connectivity index (χ4v) is 2.22. The van der Waals surface area contributed by atoms with Crippen LogP contribution in [0.1, 0.15) is 12.8 Å². The van der Waals surface area contributed by atoms with Gasteiger partial charge in [-0.2, -0.15) is 0 Å². The number of amides is 2. The summed E-state index contributed by atoms with van der Waals surface area (Å²) in [7, 11) is 0. The number of aliphatic carboxylic acids is 1. The van der Waals surface area contributed by atoms with Crippen LogP contribution < -0.4 is 5.32 Å². The normalized spacial score (nSPS) is 13.6. The Kier molecular flexibility index (Phi) is 4.41. The number of nitro groups is 1. The van der Waals surface area contributed by atoms with Crippen LogP contribution >= 0.6 is 15.9 Å². The van der Waals surface area contributed by atoms with E-state index in [4.69, 9.17) is 5.11 Å². The molecule has 0 bridgehead atoms. The quantitative estimate of drug-likeness (QED) is 0.620. The first-order valence-electron chi connectivity index (χ1n) is 6.12. The van der Waals surface area contributed by atoms with E-state index in [2.05, 4.69) is 21.2 Å². The monoisotopic (exact) mass is 357 g/mol. The van der Waals surface area contributed by atoms with Crippen LogP contribution in [-0.4, -0.2) is 39.5 Å². The molecule has 1 aliphatic carbocycles. The molecule has 0 aliphatic heterocycles.